The smallest absolute Gasteiger partial charge is 0.285 e. The van der Waals surface area contributed by atoms with Crippen LogP contribution in [0.3, 0.4) is 0 Å². The van der Waals surface area contributed by atoms with Crippen molar-refractivity contribution in [2.45, 2.75) is 44.9 Å². The minimum Gasteiger partial charge on any atom is -0.296 e. The third-order valence-electron chi connectivity index (χ3n) is 4.28. The van der Waals surface area contributed by atoms with Gasteiger partial charge in [0.1, 0.15) is 10.6 Å². The van der Waals surface area contributed by atoms with Crippen LogP contribution in [-0.2, 0) is 0 Å². The number of carbonyl (C=O) groups excluding carboxylic acids is 1. The Hall–Kier alpha value is -2.35. The van der Waals surface area contributed by atoms with Gasteiger partial charge in [-0.15, -0.1) is 10.2 Å². The van der Waals surface area contributed by atoms with Crippen LogP contribution in [0.15, 0.2) is 18.2 Å². The highest BCUT2D eigenvalue weighted by molar-refractivity contribution is 7.15. The first-order valence-electron chi connectivity index (χ1n) is 7.95. The summed E-state index contributed by atoms with van der Waals surface area (Å²) in [6.07, 6.45) is 5.86. The summed E-state index contributed by atoms with van der Waals surface area (Å²) in [5.41, 5.74) is 0.314. The van der Waals surface area contributed by atoms with E-state index in [9.17, 15) is 14.9 Å². The van der Waals surface area contributed by atoms with Gasteiger partial charge in [-0.3, -0.25) is 20.2 Å². The predicted molar refractivity (Wildman–Crippen MR) is 91.5 cm³/mol. The number of amides is 1. The van der Waals surface area contributed by atoms with Gasteiger partial charge >= 0.3 is 0 Å². The number of rotatable bonds is 4. The Labute approximate surface area is 143 Å². The molecule has 2 aromatic rings. The summed E-state index contributed by atoms with van der Waals surface area (Å²) < 4.78 is 0. The number of benzene rings is 1. The number of carbonyl (C=O) groups is 1. The van der Waals surface area contributed by atoms with Crippen LogP contribution in [0.5, 0.6) is 0 Å². The number of nitrogens with one attached hydrogen (secondary N) is 1. The zero-order valence-electron chi connectivity index (χ0n) is 13.3. The lowest BCUT2D eigenvalue weighted by Gasteiger charge is -2.18. The van der Waals surface area contributed by atoms with Gasteiger partial charge in [0, 0.05) is 11.5 Å². The fraction of sp³-hybridized carbons (Fsp3) is 0.438. The second kappa shape index (κ2) is 7.04. The van der Waals surface area contributed by atoms with E-state index in [4.69, 9.17) is 0 Å². The second-order valence-corrected chi connectivity index (χ2v) is 6.97. The quantitative estimate of drug-likeness (QED) is 0.665. The zero-order valence-corrected chi connectivity index (χ0v) is 14.1. The summed E-state index contributed by atoms with van der Waals surface area (Å²) in [7, 11) is 0. The number of aromatic nitrogens is 2. The highest BCUT2D eigenvalue weighted by Crippen LogP contribution is 2.35. The van der Waals surface area contributed by atoms with E-state index < -0.39 is 10.8 Å². The molecule has 0 spiro atoms. The van der Waals surface area contributed by atoms with E-state index in [1.54, 1.807) is 19.1 Å². The van der Waals surface area contributed by atoms with Gasteiger partial charge in [0.05, 0.1) is 4.92 Å². The van der Waals surface area contributed by atoms with E-state index in [0.717, 1.165) is 17.8 Å². The molecule has 7 nitrogen and oxygen atoms in total. The van der Waals surface area contributed by atoms with E-state index in [0.29, 0.717) is 16.6 Å². The molecule has 1 saturated carbocycles. The predicted octanol–water partition coefficient (Wildman–Crippen LogP) is 4.05. The summed E-state index contributed by atoms with van der Waals surface area (Å²) in [6, 6.07) is 4.69. The molecule has 8 heteroatoms. The lowest BCUT2D eigenvalue weighted by Crippen LogP contribution is -2.14. The van der Waals surface area contributed by atoms with Crippen LogP contribution in [-0.4, -0.2) is 21.0 Å². The first-order chi connectivity index (χ1) is 11.6. The summed E-state index contributed by atoms with van der Waals surface area (Å²) in [5, 5.41) is 23.4. The van der Waals surface area contributed by atoms with E-state index in [-0.39, 0.29) is 11.3 Å². The molecule has 0 unspecified atom stereocenters. The molecule has 1 aromatic heterocycles. The number of nitro groups is 1. The van der Waals surface area contributed by atoms with Gasteiger partial charge in [-0.05, 0) is 25.8 Å². The van der Waals surface area contributed by atoms with Gasteiger partial charge in [0.2, 0.25) is 5.13 Å². The summed E-state index contributed by atoms with van der Waals surface area (Å²) >= 11 is 1.36. The maximum Gasteiger partial charge on any atom is 0.285 e. The van der Waals surface area contributed by atoms with Gasteiger partial charge in [-0.1, -0.05) is 42.7 Å². The number of hydrogen-bond donors (Lipinski definition) is 1. The SMILES string of the molecule is Cc1cccc(C(=O)Nc2nnc(C3CCCCC3)s2)c1[N+](=O)[O-]. The molecule has 1 heterocycles. The fourth-order valence-corrected chi connectivity index (χ4v) is 3.96. The first kappa shape index (κ1) is 16.5. The molecule has 1 aliphatic carbocycles. The van der Waals surface area contributed by atoms with Gasteiger partial charge < -0.3 is 0 Å². The minimum atomic E-state index is -0.531. The third-order valence-corrected chi connectivity index (χ3v) is 5.28. The molecule has 0 aliphatic heterocycles. The average molecular weight is 346 g/mol. The van der Waals surface area contributed by atoms with Crippen LogP contribution in [0.4, 0.5) is 10.8 Å². The molecule has 0 atom stereocenters. The Morgan fingerprint density at radius 2 is 2.04 bits per heavy atom. The highest BCUT2D eigenvalue weighted by atomic mass is 32.1. The molecular weight excluding hydrogens is 328 g/mol. The van der Waals surface area contributed by atoms with Crippen LogP contribution in [0.1, 0.15) is 59.0 Å². The first-order valence-corrected chi connectivity index (χ1v) is 8.76. The van der Waals surface area contributed by atoms with Crippen molar-refractivity contribution < 1.29 is 9.72 Å². The monoisotopic (exact) mass is 346 g/mol. The van der Waals surface area contributed by atoms with Crippen molar-refractivity contribution in [1.29, 1.82) is 0 Å². The molecule has 1 fully saturated rings. The number of hydrogen-bond acceptors (Lipinski definition) is 6. The van der Waals surface area contributed by atoms with Crippen LogP contribution < -0.4 is 5.32 Å². The van der Waals surface area contributed by atoms with Gasteiger partial charge in [0.15, 0.2) is 0 Å². The molecule has 1 amide bonds. The third kappa shape index (κ3) is 3.43. The molecule has 24 heavy (non-hydrogen) atoms. The Morgan fingerprint density at radius 3 is 2.75 bits per heavy atom. The molecular formula is C16H18N4O3S. The van der Waals surface area contributed by atoms with Crippen molar-refractivity contribution in [2.75, 3.05) is 5.32 Å². The Kier molecular flexibility index (Phi) is 4.84. The van der Waals surface area contributed by atoms with Crippen LogP contribution in [0.2, 0.25) is 0 Å². The van der Waals surface area contributed by atoms with Crippen LogP contribution in [0, 0.1) is 17.0 Å². The number of aryl methyl sites for hydroxylation is 1. The maximum atomic E-state index is 12.4. The molecule has 126 valence electrons. The number of para-hydroxylation sites is 1. The lowest BCUT2D eigenvalue weighted by atomic mass is 9.90. The highest BCUT2D eigenvalue weighted by Gasteiger charge is 2.24. The Morgan fingerprint density at radius 1 is 1.29 bits per heavy atom. The van der Waals surface area contributed by atoms with Gasteiger partial charge in [-0.2, -0.15) is 0 Å². The van der Waals surface area contributed by atoms with Crippen LogP contribution >= 0.6 is 11.3 Å². The topological polar surface area (TPSA) is 98.0 Å². The summed E-state index contributed by atoms with van der Waals surface area (Å²) in [4.78, 5) is 23.1. The number of anilines is 1. The van der Waals surface area contributed by atoms with Gasteiger partial charge in [-0.25, -0.2) is 0 Å². The van der Waals surface area contributed by atoms with Gasteiger partial charge in [0.25, 0.3) is 11.6 Å². The van der Waals surface area contributed by atoms with E-state index in [2.05, 4.69) is 15.5 Å². The van der Waals surface area contributed by atoms with E-state index in [1.807, 2.05) is 0 Å². The molecule has 0 bridgehead atoms. The lowest BCUT2D eigenvalue weighted by molar-refractivity contribution is -0.385. The zero-order chi connectivity index (χ0) is 17.1. The molecule has 0 radical (unpaired) electrons. The molecule has 1 aromatic carbocycles. The van der Waals surface area contributed by atoms with Crippen molar-refractivity contribution in [3.63, 3.8) is 0 Å². The van der Waals surface area contributed by atoms with Crippen molar-refractivity contribution in [3.8, 4) is 0 Å². The standard InChI is InChI=1S/C16H18N4O3S/c1-10-6-5-9-12(13(10)20(22)23)14(21)17-16-19-18-15(24-16)11-7-3-2-4-8-11/h5-6,9,11H,2-4,7-8H2,1H3,(H,17,19,21). The maximum absolute atomic E-state index is 12.4. The van der Waals surface area contributed by atoms with Crippen molar-refractivity contribution >= 4 is 28.1 Å². The summed E-state index contributed by atoms with van der Waals surface area (Å²) in [5.74, 6) is -0.119. The fourth-order valence-electron chi connectivity index (χ4n) is 3.05. The molecule has 3 rings (SSSR count). The minimum absolute atomic E-state index is 0.0365. The second-order valence-electron chi connectivity index (χ2n) is 5.96. The van der Waals surface area contributed by atoms with E-state index in [1.165, 1.54) is 36.7 Å². The summed E-state index contributed by atoms with van der Waals surface area (Å²) in [6.45, 7) is 1.61. The number of nitrogens with zero attached hydrogens (tertiary/aromatic N) is 3. The Bertz CT molecular complexity index is 768. The average Bonchev–Trinajstić information content (AvgIpc) is 3.03. The molecule has 1 N–H and O–H groups in total. The van der Waals surface area contributed by atoms with Crippen LogP contribution in [0.25, 0.3) is 0 Å². The van der Waals surface area contributed by atoms with Crippen molar-refractivity contribution in [1.82, 2.24) is 10.2 Å². The number of nitro benzene ring substituents is 1. The Balaban J connectivity index is 1.77. The van der Waals surface area contributed by atoms with Crippen molar-refractivity contribution in [3.05, 3.63) is 44.4 Å². The largest absolute Gasteiger partial charge is 0.296 e. The van der Waals surface area contributed by atoms with Crippen molar-refractivity contribution in [2.24, 2.45) is 0 Å². The van der Waals surface area contributed by atoms with E-state index >= 15 is 0 Å². The molecule has 0 saturated heterocycles. The molecule has 1 aliphatic rings. The normalized spacial score (nSPS) is 15.2.